The highest BCUT2D eigenvalue weighted by Gasteiger charge is 2.18. The second-order valence-corrected chi connectivity index (χ2v) is 3.94. The lowest BCUT2D eigenvalue weighted by Crippen LogP contribution is -2.44. The Morgan fingerprint density at radius 1 is 1.60 bits per heavy atom. The van der Waals surface area contributed by atoms with Gasteiger partial charge in [0.25, 0.3) is 0 Å². The molecule has 0 aromatic carbocycles. The Balaban J connectivity index is 1.92. The van der Waals surface area contributed by atoms with Crippen molar-refractivity contribution in [1.82, 2.24) is 19.8 Å². The van der Waals surface area contributed by atoms with Gasteiger partial charge in [-0.2, -0.15) is 0 Å². The number of aliphatic hydroxyl groups excluding tert-OH is 1. The first-order chi connectivity index (χ1) is 7.33. The molecule has 0 fully saturated rings. The first-order valence-corrected chi connectivity index (χ1v) is 5.34. The molecule has 5 heteroatoms. The molecule has 1 unspecified atom stereocenters. The van der Waals surface area contributed by atoms with Crippen LogP contribution in [0.4, 0.5) is 0 Å². The number of hydrogen-bond donors (Lipinski definition) is 2. The molecule has 0 saturated heterocycles. The summed E-state index contributed by atoms with van der Waals surface area (Å²) in [5.41, 5.74) is 0. The second-order valence-electron chi connectivity index (χ2n) is 3.94. The molecule has 0 bridgehead atoms. The van der Waals surface area contributed by atoms with E-state index in [-0.39, 0.29) is 12.6 Å². The standard InChI is InChI=1S/C10H18N4O/c1-11-9(8-15)6-13-4-5-14-3-2-12-10(14)7-13/h2-3,9,11,15H,4-8H2,1H3. The Kier molecular flexibility index (Phi) is 3.35. The molecule has 1 aliphatic rings. The maximum absolute atomic E-state index is 9.10. The van der Waals surface area contributed by atoms with Crippen molar-refractivity contribution in [2.45, 2.75) is 19.1 Å². The van der Waals surface area contributed by atoms with Crippen LogP contribution < -0.4 is 5.32 Å². The monoisotopic (exact) mass is 210 g/mol. The predicted octanol–water partition coefficient (Wildman–Crippen LogP) is -0.721. The summed E-state index contributed by atoms with van der Waals surface area (Å²) in [5.74, 6) is 1.12. The van der Waals surface area contributed by atoms with Gasteiger partial charge in [-0.1, -0.05) is 0 Å². The van der Waals surface area contributed by atoms with Gasteiger partial charge in [0, 0.05) is 38.1 Å². The van der Waals surface area contributed by atoms with E-state index in [1.54, 1.807) is 0 Å². The fourth-order valence-electron chi connectivity index (χ4n) is 1.93. The zero-order valence-electron chi connectivity index (χ0n) is 9.06. The summed E-state index contributed by atoms with van der Waals surface area (Å²) in [6.45, 7) is 3.96. The number of nitrogens with zero attached hydrogens (tertiary/aromatic N) is 3. The van der Waals surface area contributed by atoms with Gasteiger partial charge < -0.3 is 15.0 Å². The highest BCUT2D eigenvalue weighted by atomic mass is 16.3. The summed E-state index contributed by atoms with van der Waals surface area (Å²) in [6, 6.07) is 0.159. The van der Waals surface area contributed by atoms with E-state index in [2.05, 4.69) is 19.8 Å². The van der Waals surface area contributed by atoms with E-state index in [0.717, 1.165) is 32.0 Å². The van der Waals surface area contributed by atoms with Gasteiger partial charge in [0.2, 0.25) is 0 Å². The third-order valence-electron chi connectivity index (χ3n) is 2.93. The number of fused-ring (bicyclic) bond motifs is 1. The van der Waals surface area contributed by atoms with Crippen LogP contribution in [0.2, 0.25) is 0 Å². The number of aliphatic hydroxyl groups is 1. The van der Waals surface area contributed by atoms with Gasteiger partial charge in [-0.05, 0) is 7.05 Å². The summed E-state index contributed by atoms with van der Waals surface area (Å²) in [7, 11) is 1.88. The van der Waals surface area contributed by atoms with E-state index in [4.69, 9.17) is 5.11 Å². The Labute approximate surface area is 89.7 Å². The molecule has 2 rings (SSSR count). The van der Waals surface area contributed by atoms with Crippen LogP contribution in [0, 0.1) is 0 Å². The zero-order chi connectivity index (χ0) is 10.7. The van der Waals surface area contributed by atoms with Gasteiger partial charge in [0.15, 0.2) is 0 Å². The van der Waals surface area contributed by atoms with Crippen LogP contribution in [0.15, 0.2) is 12.4 Å². The van der Waals surface area contributed by atoms with E-state index < -0.39 is 0 Å². The van der Waals surface area contributed by atoms with Crippen molar-refractivity contribution in [3.8, 4) is 0 Å². The molecule has 1 aromatic rings. The second kappa shape index (κ2) is 4.74. The zero-order valence-corrected chi connectivity index (χ0v) is 9.06. The molecule has 15 heavy (non-hydrogen) atoms. The maximum Gasteiger partial charge on any atom is 0.122 e. The SMILES string of the molecule is CNC(CO)CN1CCn2ccnc2C1. The van der Waals surface area contributed by atoms with Crippen molar-refractivity contribution < 1.29 is 5.11 Å². The molecule has 0 radical (unpaired) electrons. The van der Waals surface area contributed by atoms with Crippen LogP contribution >= 0.6 is 0 Å². The van der Waals surface area contributed by atoms with Crippen molar-refractivity contribution in [3.05, 3.63) is 18.2 Å². The van der Waals surface area contributed by atoms with Gasteiger partial charge in [-0.3, -0.25) is 4.90 Å². The number of imidazole rings is 1. The van der Waals surface area contributed by atoms with Crippen molar-refractivity contribution >= 4 is 0 Å². The van der Waals surface area contributed by atoms with E-state index in [0.29, 0.717) is 0 Å². The molecule has 1 aliphatic heterocycles. The molecule has 84 valence electrons. The normalized spacial score (nSPS) is 18.8. The van der Waals surface area contributed by atoms with Crippen LogP contribution in [0.3, 0.4) is 0 Å². The number of hydrogen-bond acceptors (Lipinski definition) is 4. The molecule has 2 N–H and O–H groups in total. The molecule has 0 spiro atoms. The van der Waals surface area contributed by atoms with Gasteiger partial charge in [0.05, 0.1) is 13.2 Å². The quantitative estimate of drug-likeness (QED) is 0.688. The summed E-state index contributed by atoms with van der Waals surface area (Å²) in [4.78, 5) is 6.62. The average Bonchev–Trinajstić information content (AvgIpc) is 2.73. The molecule has 1 atom stereocenters. The third kappa shape index (κ3) is 2.37. The number of likely N-dealkylation sites (N-methyl/N-ethyl adjacent to an activating group) is 1. The van der Waals surface area contributed by atoms with Crippen LogP contribution in [0.5, 0.6) is 0 Å². The minimum Gasteiger partial charge on any atom is -0.395 e. The predicted molar refractivity (Wildman–Crippen MR) is 57.4 cm³/mol. The van der Waals surface area contributed by atoms with E-state index >= 15 is 0 Å². The highest BCUT2D eigenvalue weighted by molar-refractivity contribution is 4.95. The topological polar surface area (TPSA) is 53.3 Å². The Bertz CT molecular complexity index is 308. The highest BCUT2D eigenvalue weighted by Crippen LogP contribution is 2.10. The molecule has 0 amide bonds. The van der Waals surface area contributed by atoms with Crippen LogP contribution in [0.25, 0.3) is 0 Å². The number of aromatic nitrogens is 2. The molecule has 2 heterocycles. The number of nitrogens with one attached hydrogen (secondary N) is 1. The van der Waals surface area contributed by atoms with Crippen molar-refractivity contribution in [2.75, 3.05) is 26.7 Å². The molecular formula is C10H18N4O. The Morgan fingerprint density at radius 3 is 3.20 bits per heavy atom. The fourth-order valence-corrected chi connectivity index (χ4v) is 1.93. The number of rotatable bonds is 4. The first-order valence-electron chi connectivity index (χ1n) is 5.34. The van der Waals surface area contributed by atoms with Gasteiger partial charge >= 0.3 is 0 Å². The van der Waals surface area contributed by atoms with E-state index in [1.165, 1.54) is 0 Å². The fraction of sp³-hybridized carbons (Fsp3) is 0.700. The first kappa shape index (κ1) is 10.6. The molecule has 0 aliphatic carbocycles. The summed E-state index contributed by atoms with van der Waals surface area (Å²) in [5, 5.41) is 12.2. The summed E-state index contributed by atoms with van der Waals surface area (Å²) in [6.07, 6.45) is 3.87. The molecule has 5 nitrogen and oxygen atoms in total. The van der Waals surface area contributed by atoms with Gasteiger partial charge in [-0.15, -0.1) is 0 Å². The van der Waals surface area contributed by atoms with E-state index in [9.17, 15) is 0 Å². The minimum atomic E-state index is 0.159. The van der Waals surface area contributed by atoms with Crippen LogP contribution in [0.1, 0.15) is 5.82 Å². The lowest BCUT2D eigenvalue weighted by molar-refractivity contribution is 0.160. The van der Waals surface area contributed by atoms with Gasteiger partial charge in [0.1, 0.15) is 5.82 Å². The lowest BCUT2D eigenvalue weighted by atomic mass is 10.2. The van der Waals surface area contributed by atoms with Gasteiger partial charge in [-0.25, -0.2) is 4.98 Å². The van der Waals surface area contributed by atoms with Crippen molar-refractivity contribution in [3.63, 3.8) is 0 Å². The average molecular weight is 210 g/mol. The van der Waals surface area contributed by atoms with Crippen LogP contribution in [-0.2, 0) is 13.1 Å². The summed E-state index contributed by atoms with van der Waals surface area (Å²) < 4.78 is 2.18. The van der Waals surface area contributed by atoms with E-state index in [1.807, 2.05) is 19.4 Å². The maximum atomic E-state index is 9.10. The minimum absolute atomic E-state index is 0.159. The Morgan fingerprint density at radius 2 is 2.47 bits per heavy atom. The third-order valence-corrected chi connectivity index (χ3v) is 2.93. The largest absolute Gasteiger partial charge is 0.395 e. The molecule has 0 saturated carbocycles. The van der Waals surface area contributed by atoms with Crippen molar-refractivity contribution in [2.24, 2.45) is 0 Å². The lowest BCUT2D eigenvalue weighted by Gasteiger charge is -2.30. The smallest absolute Gasteiger partial charge is 0.122 e. The molecular weight excluding hydrogens is 192 g/mol. The Hall–Kier alpha value is -0.910. The van der Waals surface area contributed by atoms with Crippen LogP contribution in [-0.4, -0.2) is 52.3 Å². The molecule has 1 aromatic heterocycles. The summed E-state index contributed by atoms with van der Waals surface area (Å²) >= 11 is 0. The van der Waals surface area contributed by atoms with Crippen molar-refractivity contribution in [1.29, 1.82) is 0 Å².